The highest BCUT2D eigenvalue weighted by atomic mass is 16.1. The average Bonchev–Trinajstić information content (AvgIpc) is 3.23. The molecule has 0 fully saturated rings. The van der Waals surface area contributed by atoms with Gasteiger partial charge in [0, 0.05) is 47.4 Å². The third-order valence-corrected chi connectivity index (χ3v) is 5.47. The van der Waals surface area contributed by atoms with Crippen molar-refractivity contribution >= 4 is 33.7 Å². The molecule has 5 rings (SSSR count). The highest BCUT2D eigenvalue weighted by Gasteiger charge is 2.15. The van der Waals surface area contributed by atoms with Crippen LogP contribution in [-0.2, 0) is 0 Å². The van der Waals surface area contributed by atoms with E-state index in [-0.39, 0.29) is 5.91 Å². The smallest absolute Gasteiger partial charge is 0.255 e. The summed E-state index contributed by atoms with van der Waals surface area (Å²) in [5, 5.41) is 18.5. The Labute approximate surface area is 185 Å². The van der Waals surface area contributed by atoms with Gasteiger partial charge in [-0.2, -0.15) is 9.61 Å². The Bertz CT molecular complexity index is 1450. The lowest BCUT2D eigenvalue weighted by Crippen LogP contribution is -2.13. The summed E-state index contributed by atoms with van der Waals surface area (Å²) >= 11 is 0. The molecule has 1 amide bonds. The van der Waals surface area contributed by atoms with E-state index in [1.54, 1.807) is 4.52 Å². The van der Waals surface area contributed by atoms with Crippen LogP contribution in [0.25, 0.3) is 27.8 Å². The highest BCUT2D eigenvalue weighted by molar-refractivity contribution is 6.04. The largest absolute Gasteiger partial charge is 0.378 e. The molecular weight excluding hydrogens is 400 g/mol. The number of fused-ring (bicyclic) bond motifs is 3. The zero-order valence-electron chi connectivity index (χ0n) is 18.1. The monoisotopic (exact) mass is 422 g/mol. The van der Waals surface area contributed by atoms with E-state index in [2.05, 4.69) is 15.5 Å². The van der Waals surface area contributed by atoms with Crippen LogP contribution in [-0.4, -0.2) is 39.8 Å². The van der Waals surface area contributed by atoms with E-state index >= 15 is 0 Å². The molecule has 1 N–H and O–H groups in total. The second-order valence-corrected chi connectivity index (χ2v) is 7.87. The fourth-order valence-corrected chi connectivity index (χ4v) is 3.77. The van der Waals surface area contributed by atoms with Crippen LogP contribution >= 0.6 is 0 Å². The van der Waals surface area contributed by atoms with Gasteiger partial charge in [-0.1, -0.05) is 36.4 Å². The fraction of sp³-hybridized carbons (Fsp3) is 0.120. The van der Waals surface area contributed by atoms with Crippen molar-refractivity contribution in [2.45, 2.75) is 6.92 Å². The zero-order valence-corrected chi connectivity index (χ0v) is 18.1. The van der Waals surface area contributed by atoms with Gasteiger partial charge in [0.05, 0.1) is 5.69 Å². The number of aryl methyl sites for hydroxylation is 1. The minimum absolute atomic E-state index is 0.168. The third kappa shape index (κ3) is 3.43. The van der Waals surface area contributed by atoms with Gasteiger partial charge in [-0.25, -0.2) is 0 Å². The van der Waals surface area contributed by atoms with Gasteiger partial charge in [0.25, 0.3) is 5.91 Å². The molecule has 0 saturated heterocycles. The van der Waals surface area contributed by atoms with Crippen LogP contribution in [0.5, 0.6) is 0 Å². The Kier molecular flexibility index (Phi) is 4.78. The van der Waals surface area contributed by atoms with Crippen molar-refractivity contribution in [2.24, 2.45) is 0 Å². The highest BCUT2D eigenvalue weighted by Crippen LogP contribution is 2.26. The predicted molar refractivity (Wildman–Crippen MR) is 127 cm³/mol. The minimum atomic E-state index is -0.168. The van der Waals surface area contributed by atoms with Crippen molar-refractivity contribution in [1.82, 2.24) is 19.8 Å². The van der Waals surface area contributed by atoms with E-state index in [9.17, 15) is 4.79 Å². The van der Waals surface area contributed by atoms with Gasteiger partial charge < -0.3 is 10.2 Å². The summed E-state index contributed by atoms with van der Waals surface area (Å²) in [7, 11) is 3.93. The van der Waals surface area contributed by atoms with Gasteiger partial charge in [-0.3, -0.25) is 4.79 Å². The van der Waals surface area contributed by atoms with Gasteiger partial charge in [-0.05, 0) is 43.3 Å². The predicted octanol–water partition coefficient (Wildman–Crippen LogP) is 4.57. The second-order valence-electron chi connectivity index (χ2n) is 7.87. The van der Waals surface area contributed by atoms with Crippen LogP contribution in [0, 0.1) is 6.92 Å². The molecular formula is C25H22N6O. The van der Waals surface area contributed by atoms with Crippen molar-refractivity contribution in [3.05, 3.63) is 84.1 Å². The van der Waals surface area contributed by atoms with E-state index in [4.69, 9.17) is 5.10 Å². The molecule has 3 aromatic carbocycles. The minimum Gasteiger partial charge on any atom is -0.378 e. The number of anilines is 2. The molecule has 7 nitrogen and oxygen atoms in total. The molecule has 2 heterocycles. The summed E-state index contributed by atoms with van der Waals surface area (Å²) in [6, 6.07) is 23.1. The van der Waals surface area contributed by atoms with Crippen LogP contribution in [0.3, 0.4) is 0 Å². The second kappa shape index (κ2) is 7.77. The first kappa shape index (κ1) is 19.7. The van der Waals surface area contributed by atoms with E-state index in [0.717, 1.165) is 27.7 Å². The molecule has 5 aromatic rings. The average molecular weight is 422 g/mol. The molecule has 0 radical (unpaired) electrons. The standard InChI is InChI=1S/C25H22N6O/c1-16-21-9-4-5-10-22(21)24-28-27-23(31(24)29-16)18-7-6-8-19(15-18)26-25(32)17-11-13-20(14-12-17)30(2)3/h4-15H,1-3H3,(H,26,32). The molecule has 0 aliphatic carbocycles. The van der Waals surface area contributed by atoms with Crippen molar-refractivity contribution < 1.29 is 4.79 Å². The molecule has 0 atom stereocenters. The summed E-state index contributed by atoms with van der Waals surface area (Å²) in [6.07, 6.45) is 0. The summed E-state index contributed by atoms with van der Waals surface area (Å²) in [5.41, 5.74) is 4.74. The van der Waals surface area contributed by atoms with E-state index in [1.165, 1.54) is 0 Å². The Morgan fingerprint density at radius 2 is 1.66 bits per heavy atom. The maximum atomic E-state index is 12.7. The summed E-state index contributed by atoms with van der Waals surface area (Å²) in [6.45, 7) is 1.98. The Morgan fingerprint density at radius 3 is 2.41 bits per heavy atom. The maximum absolute atomic E-state index is 12.7. The van der Waals surface area contributed by atoms with Gasteiger partial charge >= 0.3 is 0 Å². The van der Waals surface area contributed by atoms with Crippen LogP contribution < -0.4 is 10.2 Å². The molecule has 2 aromatic heterocycles. The number of aromatic nitrogens is 4. The Balaban J connectivity index is 1.48. The number of hydrogen-bond acceptors (Lipinski definition) is 5. The number of carbonyl (C=O) groups is 1. The number of carbonyl (C=O) groups excluding carboxylic acids is 1. The van der Waals surface area contributed by atoms with E-state index in [1.807, 2.05) is 98.7 Å². The number of benzene rings is 3. The lowest BCUT2D eigenvalue weighted by atomic mass is 10.1. The number of amides is 1. The molecule has 0 saturated carbocycles. The van der Waals surface area contributed by atoms with Crippen molar-refractivity contribution in [1.29, 1.82) is 0 Å². The first-order valence-corrected chi connectivity index (χ1v) is 10.3. The number of nitrogens with one attached hydrogen (secondary N) is 1. The van der Waals surface area contributed by atoms with Gasteiger partial charge in [0.2, 0.25) is 0 Å². The molecule has 7 heteroatoms. The Morgan fingerprint density at radius 1 is 0.906 bits per heavy atom. The topological polar surface area (TPSA) is 75.4 Å². The summed E-state index contributed by atoms with van der Waals surface area (Å²) in [4.78, 5) is 14.7. The van der Waals surface area contributed by atoms with Crippen LogP contribution in [0.1, 0.15) is 16.1 Å². The van der Waals surface area contributed by atoms with Crippen LogP contribution in [0.2, 0.25) is 0 Å². The molecule has 0 aliphatic heterocycles. The fourth-order valence-electron chi connectivity index (χ4n) is 3.77. The first-order chi connectivity index (χ1) is 15.5. The summed E-state index contributed by atoms with van der Waals surface area (Å²) in [5.74, 6) is 0.457. The molecule has 0 bridgehead atoms. The normalized spacial score (nSPS) is 11.1. The molecule has 0 aliphatic rings. The molecule has 158 valence electrons. The number of rotatable bonds is 4. The van der Waals surface area contributed by atoms with E-state index in [0.29, 0.717) is 22.7 Å². The quantitative estimate of drug-likeness (QED) is 0.459. The van der Waals surface area contributed by atoms with Crippen molar-refractivity contribution in [3.8, 4) is 11.4 Å². The molecule has 0 unspecified atom stereocenters. The number of hydrogen-bond donors (Lipinski definition) is 1. The maximum Gasteiger partial charge on any atom is 0.255 e. The van der Waals surface area contributed by atoms with Crippen LogP contribution in [0.4, 0.5) is 11.4 Å². The zero-order chi connectivity index (χ0) is 22.2. The lowest BCUT2D eigenvalue weighted by Gasteiger charge is -2.13. The van der Waals surface area contributed by atoms with Gasteiger partial charge in [0.15, 0.2) is 11.5 Å². The SMILES string of the molecule is Cc1nn2c(-c3cccc(NC(=O)c4ccc(N(C)C)cc4)c3)nnc2c2ccccc12. The lowest BCUT2D eigenvalue weighted by molar-refractivity contribution is 0.102. The van der Waals surface area contributed by atoms with Crippen molar-refractivity contribution in [3.63, 3.8) is 0 Å². The molecule has 32 heavy (non-hydrogen) atoms. The third-order valence-electron chi connectivity index (χ3n) is 5.47. The van der Waals surface area contributed by atoms with Crippen LogP contribution in [0.15, 0.2) is 72.8 Å². The summed E-state index contributed by atoms with van der Waals surface area (Å²) < 4.78 is 1.76. The first-order valence-electron chi connectivity index (χ1n) is 10.3. The van der Waals surface area contributed by atoms with Crippen molar-refractivity contribution in [2.75, 3.05) is 24.3 Å². The molecule has 0 spiro atoms. The number of nitrogens with zero attached hydrogens (tertiary/aromatic N) is 5. The van der Waals surface area contributed by atoms with E-state index < -0.39 is 0 Å². The Hall–Kier alpha value is -4.26. The van der Waals surface area contributed by atoms with Gasteiger partial charge in [-0.15, -0.1) is 10.2 Å². The van der Waals surface area contributed by atoms with Gasteiger partial charge in [0.1, 0.15) is 0 Å².